The standard InChI is InChI=1S/C18H25N3O4S/c1-18(8-9-26(24,25)12-18)20-16(22)11-21(15-6-7-15)10-13-2-4-14(5-3-13)17(19)23/h2-5,15H,6-12H2,1H3,(H2,19,23)(H,20,22). The Morgan fingerprint density at radius 1 is 1.27 bits per heavy atom. The molecule has 1 saturated heterocycles. The molecular formula is C18H25N3O4S. The number of sulfone groups is 1. The fourth-order valence-electron chi connectivity index (χ4n) is 3.43. The van der Waals surface area contributed by atoms with E-state index < -0.39 is 21.3 Å². The monoisotopic (exact) mass is 379 g/mol. The Bertz CT molecular complexity index is 802. The molecule has 0 aromatic heterocycles. The number of nitrogens with zero attached hydrogens (tertiary/aromatic N) is 1. The highest BCUT2D eigenvalue weighted by atomic mass is 32.2. The van der Waals surface area contributed by atoms with E-state index in [9.17, 15) is 18.0 Å². The second-order valence-corrected chi connectivity index (χ2v) is 9.83. The molecule has 142 valence electrons. The Morgan fingerprint density at radius 3 is 2.42 bits per heavy atom. The van der Waals surface area contributed by atoms with E-state index in [1.807, 2.05) is 12.1 Å². The number of primary amides is 1. The van der Waals surface area contributed by atoms with Crippen LogP contribution in [0.3, 0.4) is 0 Å². The number of hydrogen-bond donors (Lipinski definition) is 2. The van der Waals surface area contributed by atoms with Crippen molar-refractivity contribution in [1.29, 1.82) is 0 Å². The predicted octanol–water partition coefficient (Wildman–Crippen LogP) is 0.443. The molecule has 1 aromatic rings. The molecule has 1 aromatic carbocycles. The summed E-state index contributed by atoms with van der Waals surface area (Å²) in [5.74, 6) is -0.480. The largest absolute Gasteiger partial charge is 0.366 e. The number of rotatable bonds is 7. The van der Waals surface area contributed by atoms with Crippen LogP contribution in [0, 0.1) is 0 Å². The number of carbonyl (C=O) groups is 2. The lowest BCUT2D eigenvalue weighted by Crippen LogP contribution is -2.50. The Labute approximate surface area is 153 Å². The molecule has 2 fully saturated rings. The average molecular weight is 379 g/mol. The van der Waals surface area contributed by atoms with Crippen molar-refractivity contribution < 1.29 is 18.0 Å². The summed E-state index contributed by atoms with van der Waals surface area (Å²) >= 11 is 0. The molecule has 3 rings (SSSR count). The number of hydrogen-bond acceptors (Lipinski definition) is 5. The van der Waals surface area contributed by atoms with Gasteiger partial charge in [0, 0.05) is 18.2 Å². The summed E-state index contributed by atoms with van der Waals surface area (Å²) in [6, 6.07) is 7.44. The van der Waals surface area contributed by atoms with Crippen LogP contribution in [0.1, 0.15) is 42.1 Å². The van der Waals surface area contributed by atoms with Gasteiger partial charge in [0.25, 0.3) is 0 Å². The Hall–Kier alpha value is -1.93. The zero-order valence-electron chi connectivity index (χ0n) is 14.9. The van der Waals surface area contributed by atoms with Crippen LogP contribution in [-0.4, -0.2) is 54.8 Å². The van der Waals surface area contributed by atoms with E-state index in [1.165, 1.54) is 0 Å². The normalized spacial score (nSPS) is 24.5. The summed E-state index contributed by atoms with van der Waals surface area (Å²) in [7, 11) is -3.06. The van der Waals surface area contributed by atoms with Gasteiger partial charge in [0.2, 0.25) is 11.8 Å². The molecule has 1 aliphatic heterocycles. The molecule has 1 atom stereocenters. The molecule has 2 aliphatic rings. The molecule has 26 heavy (non-hydrogen) atoms. The minimum atomic E-state index is -3.06. The molecule has 0 spiro atoms. The van der Waals surface area contributed by atoms with Gasteiger partial charge in [-0.15, -0.1) is 0 Å². The van der Waals surface area contributed by atoms with Gasteiger partial charge in [0.1, 0.15) is 0 Å². The molecule has 7 nitrogen and oxygen atoms in total. The molecule has 0 radical (unpaired) electrons. The van der Waals surface area contributed by atoms with Crippen LogP contribution in [0.4, 0.5) is 0 Å². The predicted molar refractivity (Wildman–Crippen MR) is 98.2 cm³/mol. The van der Waals surface area contributed by atoms with Crippen molar-refractivity contribution in [3.8, 4) is 0 Å². The molecule has 1 unspecified atom stereocenters. The molecule has 3 N–H and O–H groups in total. The van der Waals surface area contributed by atoms with E-state index in [0.29, 0.717) is 24.6 Å². The second kappa shape index (κ2) is 7.00. The van der Waals surface area contributed by atoms with Crippen molar-refractivity contribution >= 4 is 21.7 Å². The minimum Gasteiger partial charge on any atom is -0.366 e. The first-order chi connectivity index (χ1) is 12.2. The molecule has 8 heteroatoms. The van der Waals surface area contributed by atoms with Crippen LogP contribution in [0.25, 0.3) is 0 Å². The van der Waals surface area contributed by atoms with Crippen LogP contribution in [0.15, 0.2) is 24.3 Å². The van der Waals surface area contributed by atoms with E-state index in [-0.39, 0.29) is 24.0 Å². The lowest BCUT2D eigenvalue weighted by Gasteiger charge is -2.27. The number of nitrogens with two attached hydrogens (primary N) is 1. The molecule has 2 amide bonds. The number of nitrogens with one attached hydrogen (secondary N) is 1. The van der Waals surface area contributed by atoms with E-state index in [2.05, 4.69) is 10.2 Å². The topological polar surface area (TPSA) is 110 Å². The quantitative estimate of drug-likeness (QED) is 0.715. The summed E-state index contributed by atoms with van der Waals surface area (Å²) in [6.07, 6.45) is 2.57. The van der Waals surface area contributed by atoms with Gasteiger partial charge in [-0.1, -0.05) is 12.1 Å². The van der Waals surface area contributed by atoms with Gasteiger partial charge in [-0.25, -0.2) is 8.42 Å². The van der Waals surface area contributed by atoms with Gasteiger partial charge in [-0.2, -0.15) is 0 Å². The third-order valence-corrected chi connectivity index (χ3v) is 6.88. The summed E-state index contributed by atoms with van der Waals surface area (Å²) < 4.78 is 23.4. The van der Waals surface area contributed by atoms with Crippen molar-refractivity contribution in [1.82, 2.24) is 10.2 Å². The first kappa shape index (κ1) is 18.8. The third-order valence-electron chi connectivity index (χ3n) is 4.98. The highest BCUT2D eigenvalue weighted by molar-refractivity contribution is 7.91. The molecule has 1 saturated carbocycles. The Morgan fingerprint density at radius 2 is 1.92 bits per heavy atom. The lowest BCUT2D eigenvalue weighted by atomic mass is 10.0. The van der Waals surface area contributed by atoms with Crippen molar-refractivity contribution in [2.45, 2.75) is 44.3 Å². The second-order valence-electron chi connectivity index (χ2n) is 7.65. The summed E-state index contributed by atoms with van der Waals surface area (Å²) in [4.78, 5) is 25.7. The maximum atomic E-state index is 12.5. The van der Waals surface area contributed by atoms with E-state index >= 15 is 0 Å². The maximum absolute atomic E-state index is 12.5. The van der Waals surface area contributed by atoms with E-state index in [0.717, 1.165) is 18.4 Å². The minimum absolute atomic E-state index is 0.00372. The van der Waals surface area contributed by atoms with Gasteiger partial charge >= 0.3 is 0 Å². The zero-order valence-corrected chi connectivity index (χ0v) is 15.7. The van der Waals surface area contributed by atoms with E-state index in [4.69, 9.17) is 5.73 Å². The van der Waals surface area contributed by atoms with Gasteiger partial charge in [-0.3, -0.25) is 14.5 Å². The third kappa shape index (κ3) is 4.82. The smallest absolute Gasteiger partial charge is 0.248 e. The fourth-order valence-corrected chi connectivity index (χ4v) is 5.53. The zero-order chi connectivity index (χ0) is 18.9. The number of carbonyl (C=O) groups excluding carboxylic acids is 2. The summed E-state index contributed by atoms with van der Waals surface area (Å²) in [6.45, 7) is 2.63. The SMILES string of the molecule is CC1(NC(=O)CN(Cc2ccc(C(N)=O)cc2)C2CC2)CCS(=O)(=O)C1. The Kier molecular flexibility index (Phi) is 5.07. The van der Waals surface area contributed by atoms with E-state index in [1.54, 1.807) is 19.1 Å². The molecule has 1 aliphatic carbocycles. The fraction of sp³-hybridized carbons (Fsp3) is 0.556. The van der Waals surface area contributed by atoms with Gasteiger partial charge in [0.05, 0.1) is 23.6 Å². The first-order valence-electron chi connectivity index (χ1n) is 8.80. The van der Waals surface area contributed by atoms with Crippen LogP contribution >= 0.6 is 0 Å². The van der Waals surface area contributed by atoms with Gasteiger partial charge in [-0.05, 0) is 43.9 Å². The molecule has 0 bridgehead atoms. The molecule has 1 heterocycles. The molecular weight excluding hydrogens is 354 g/mol. The van der Waals surface area contributed by atoms with Crippen molar-refractivity contribution in [3.63, 3.8) is 0 Å². The lowest BCUT2D eigenvalue weighted by molar-refractivity contribution is -0.124. The highest BCUT2D eigenvalue weighted by Crippen LogP contribution is 2.28. The Balaban J connectivity index is 1.60. The van der Waals surface area contributed by atoms with Crippen molar-refractivity contribution in [3.05, 3.63) is 35.4 Å². The van der Waals surface area contributed by atoms with Crippen LogP contribution in [-0.2, 0) is 21.2 Å². The van der Waals surface area contributed by atoms with Crippen molar-refractivity contribution in [2.24, 2.45) is 5.73 Å². The van der Waals surface area contributed by atoms with Gasteiger partial charge in [0.15, 0.2) is 9.84 Å². The van der Waals surface area contributed by atoms with Crippen molar-refractivity contribution in [2.75, 3.05) is 18.1 Å². The summed E-state index contributed by atoms with van der Waals surface area (Å²) in [5.41, 5.74) is 6.04. The summed E-state index contributed by atoms with van der Waals surface area (Å²) in [5, 5.41) is 2.91. The van der Waals surface area contributed by atoms with Gasteiger partial charge < -0.3 is 11.1 Å². The maximum Gasteiger partial charge on any atom is 0.248 e. The van der Waals surface area contributed by atoms with Crippen LogP contribution in [0.2, 0.25) is 0 Å². The first-order valence-corrected chi connectivity index (χ1v) is 10.6. The van der Waals surface area contributed by atoms with Crippen LogP contribution < -0.4 is 11.1 Å². The average Bonchev–Trinajstić information content (AvgIpc) is 3.33. The number of benzene rings is 1. The van der Waals surface area contributed by atoms with Crippen LogP contribution in [0.5, 0.6) is 0 Å². The number of amides is 2. The highest BCUT2D eigenvalue weighted by Gasteiger charge is 2.40.